The number of aryl methyl sites for hydroxylation is 1. The average Bonchev–Trinajstić information content (AvgIpc) is 3.36. The van der Waals surface area contributed by atoms with Gasteiger partial charge in [0.15, 0.2) is 9.84 Å². The van der Waals surface area contributed by atoms with E-state index < -0.39 is 9.84 Å². The number of amides is 1. The van der Waals surface area contributed by atoms with Gasteiger partial charge in [-0.25, -0.2) is 13.4 Å². The minimum Gasteiger partial charge on any atom is -0.306 e. The van der Waals surface area contributed by atoms with E-state index in [9.17, 15) is 13.2 Å². The van der Waals surface area contributed by atoms with Crippen LogP contribution in [0.2, 0.25) is 0 Å². The second-order valence-corrected chi connectivity index (χ2v) is 10.2. The molecule has 0 aliphatic carbocycles. The fraction of sp³-hybridized carbons (Fsp3) is 0.273. The first-order valence-electron chi connectivity index (χ1n) is 10.3. The topological polar surface area (TPSA) is 112 Å². The molecule has 1 aromatic carbocycles. The second-order valence-electron chi connectivity index (χ2n) is 7.99. The summed E-state index contributed by atoms with van der Waals surface area (Å²) in [5, 5.41) is 7.04. The van der Waals surface area contributed by atoms with Crippen LogP contribution in [0.4, 0.5) is 5.95 Å². The first-order chi connectivity index (χ1) is 15.4. The average molecular weight is 451 g/mol. The molecule has 0 radical (unpaired) electrons. The van der Waals surface area contributed by atoms with Crippen LogP contribution in [0.3, 0.4) is 0 Å². The molecule has 1 aliphatic heterocycles. The van der Waals surface area contributed by atoms with E-state index in [2.05, 4.69) is 20.4 Å². The van der Waals surface area contributed by atoms with Crippen LogP contribution in [0.25, 0.3) is 22.3 Å². The van der Waals surface area contributed by atoms with Crippen LogP contribution in [-0.2, 0) is 16.9 Å². The lowest BCUT2D eigenvalue weighted by Gasteiger charge is -2.25. The van der Waals surface area contributed by atoms with Crippen molar-refractivity contribution in [2.75, 3.05) is 16.8 Å². The summed E-state index contributed by atoms with van der Waals surface area (Å²) in [6.45, 7) is 0. The normalized spacial score (nSPS) is 18.0. The van der Waals surface area contributed by atoms with Crippen LogP contribution in [0, 0.1) is 0 Å². The number of anilines is 1. The molecule has 1 unspecified atom stereocenters. The lowest BCUT2D eigenvalue weighted by atomic mass is 10.1. The number of carbonyl (C=O) groups is 1. The van der Waals surface area contributed by atoms with Crippen molar-refractivity contribution in [3.63, 3.8) is 0 Å². The Bertz CT molecular complexity index is 1420. The Morgan fingerprint density at radius 2 is 2.06 bits per heavy atom. The number of fused-ring (bicyclic) bond motifs is 1. The third-order valence-electron chi connectivity index (χ3n) is 5.65. The molecule has 164 valence electrons. The summed E-state index contributed by atoms with van der Waals surface area (Å²) in [7, 11) is -1.32. The minimum absolute atomic E-state index is 0.0383. The molecule has 1 aliphatic rings. The number of sulfone groups is 1. The van der Waals surface area contributed by atoms with Crippen molar-refractivity contribution in [1.29, 1.82) is 0 Å². The zero-order valence-electron chi connectivity index (χ0n) is 17.5. The van der Waals surface area contributed by atoms with E-state index in [0.717, 1.165) is 11.1 Å². The van der Waals surface area contributed by atoms with Gasteiger partial charge in [0.05, 0.1) is 40.5 Å². The number of hydrogen-bond donors (Lipinski definition) is 1. The maximum absolute atomic E-state index is 13.1. The molecular weight excluding hydrogens is 428 g/mol. The summed E-state index contributed by atoms with van der Waals surface area (Å²) in [4.78, 5) is 22.0. The summed E-state index contributed by atoms with van der Waals surface area (Å²) in [5.41, 5.74) is 3.38. The first kappa shape index (κ1) is 20.4. The van der Waals surface area contributed by atoms with Gasteiger partial charge in [0.25, 0.3) is 5.91 Å². The largest absolute Gasteiger partial charge is 0.306 e. The molecule has 1 atom stereocenters. The molecule has 1 fully saturated rings. The summed E-state index contributed by atoms with van der Waals surface area (Å²) in [5.74, 6) is 0.244. The van der Waals surface area contributed by atoms with Crippen LogP contribution in [0.1, 0.15) is 29.2 Å². The molecule has 1 N–H and O–H groups in total. The molecule has 4 heterocycles. The van der Waals surface area contributed by atoms with E-state index in [1.165, 1.54) is 0 Å². The number of pyridine rings is 1. The minimum atomic E-state index is -3.14. The fourth-order valence-corrected chi connectivity index (χ4v) is 5.84. The van der Waals surface area contributed by atoms with Crippen molar-refractivity contribution in [3.8, 4) is 11.3 Å². The van der Waals surface area contributed by atoms with Gasteiger partial charge >= 0.3 is 0 Å². The van der Waals surface area contributed by atoms with Crippen molar-refractivity contribution >= 4 is 32.7 Å². The molecule has 0 saturated carbocycles. The molecule has 32 heavy (non-hydrogen) atoms. The Kier molecular flexibility index (Phi) is 5.01. The highest BCUT2D eigenvalue weighted by molar-refractivity contribution is 7.91. The van der Waals surface area contributed by atoms with Crippen LogP contribution in [-0.4, -0.2) is 50.1 Å². The van der Waals surface area contributed by atoms with Crippen molar-refractivity contribution in [2.45, 2.75) is 18.9 Å². The molecule has 0 bridgehead atoms. The third-order valence-corrected chi connectivity index (χ3v) is 7.45. The van der Waals surface area contributed by atoms with Crippen molar-refractivity contribution in [2.24, 2.45) is 7.05 Å². The number of carbonyl (C=O) groups excluding carboxylic acids is 1. The standard InChI is InChI=1S/C22H22N6O3S/c1-27-13-16(12-24-27)19-11-15(8-9-23-19)21(29)26-22-25-18-6-2-3-7-20(18)28(22)17-5-4-10-32(30,31)14-17/h2-3,6-9,11-13,17H,4-5,10,14H2,1H3,(H,25,26,29). The fourth-order valence-electron chi connectivity index (χ4n) is 4.16. The van der Waals surface area contributed by atoms with Crippen molar-refractivity contribution in [3.05, 3.63) is 60.6 Å². The van der Waals surface area contributed by atoms with Crippen LogP contribution >= 0.6 is 0 Å². The SMILES string of the molecule is Cn1cc(-c2cc(C(=O)Nc3nc4ccccc4n3C3CCCS(=O)(=O)C3)ccn2)cn1. The lowest BCUT2D eigenvalue weighted by Crippen LogP contribution is -2.29. The van der Waals surface area contributed by atoms with Gasteiger partial charge in [-0.3, -0.25) is 19.8 Å². The van der Waals surface area contributed by atoms with Gasteiger partial charge < -0.3 is 4.57 Å². The van der Waals surface area contributed by atoms with Crippen LogP contribution in [0.15, 0.2) is 55.0 Å². The van der Waals surface area contributed by atoms with Crippen LogP contribution < -0.4 is 5.32 Å². The Balaban J connectivity index is 1.50. The number of rotatable bonds is 4. The van der Waals surface area contributed by atoms with E-state index in [-0.39, 0.29) is 23.5 Å². The monoisotopic (exact) mass is 450 g/mol. The molecule has 4 aromatic rings. The maximum Gasteiger partial charge on any atom is 0.258 e. The molecule has 0 spiro atoms. The van der Waals surface area contributed by atoms with E-state index >= 15 is 0 Å². The zero-order chi connectivity index (χ0) is 22.3. The summed E-state index contributed by atoms with van der Waals surface area (Å²) in [6.07, 6.45) is 6.39. The third kappa shape index (κ3) is 3.89. The maximum atomic E-state index is 13.1. The molecule has 1 saturated heterocycles. The quantitative estimate of drug-likeness (QED) is 0.512. The number of imidazole rings is 1. The Labute approximate surface area is 185 Å². The molecule has 10 heteroatoms. The van der Waals surface area contributed by atoms with Crippen LogP contribution in [0.5, 0.6) is 0 Å². The summed E-state index contributed by atoms with van der Waals surface area (Å²) in [6, 6.07) is 10.5. The highest BCUT2D eigenvalue weighted by Crippen LogP contribution is 2.31. The van der Waals surface area contributed by atoms with Gasteiger partial charge in [-0.2, -0.15) is 5.10 Å². The molecule has 3 aromatic heterocycles. The Hall–Kier alpha value is -3.53. The number of nitrogens with one attached hydrogen (secondary N) is 1. The number of hydrogen-bond acceptors (Lipinski definition) is 6. The summed E-state index contributed by atoms with van der Waals surface area (Å²) >= 11 is 0. The number of nitrogens with zero attached hydrogens (tertiary/aromatic N) is 5. The van der Waals surface area contributed by atoms with Crippen molar-refractivity contribution in [1.82, 2.24) is 24.3 Å². The first-order valence-corrected chi connectivity index (χ1v) is 12.2. The highest BCUT2D eigenvalue weighted by Gasteiger charge is 2.29. The Morgan fingerprint density at radius 1 is 1.22 bits per heavy atom. The van der Waals surface area contributed by atoms with Gasteiger partial charge in [-0.05, 0) is 37.1 Å². The van der Waals surface area contributed by atoms with E-state index in [4.69, 9.17) is 0 Å². The number of benzene rings is 1. The van der Waals surface area contributed by atoms with Gasteiger partial charge in [0.1, 0.15) is 0 Å². The molecule has 1 amide bonds. The van der Waals surface area contributed by atoms with Gasteiger partial charge in [-0.15, -0.1) is 0 Å². The highest BCUT2D eigenvalue weighted by atomic mass is 32.2. The predicted octanol–water partition coefficient (Wildman–Crippen LogP) is 2.83. The van der Waals surface area contributed by atoms with Crippen molar-refractivity contribution < 1.29 is 13.2 Å². The predicted molar refractivity (Wildman–Crippen MR) is 121 cm³/mol. The van der Waals surface area contributed by atoms with Gasteiger partial charge in [0, 0.05) is 30.6 Å². The summed E-state index contributed by atoms with van der Waals surface area (Å²) < 4.78 is 28.1. The molecule has 9 nitrogen and oxygen atoms in total. The van der Waals surface area contributed by atoms with Gasteiger partial charge in [-0.1, -0.05) is 12.1 Å². The molecular formula is C22H22N6O3S. The number of aromatic nitrogens is 5. The smallest absolute Gasteiger partial charge is 0.258 e. The van der Waals surface area contributed by atoms with E-state index in [0.29, 0.717) is 35.6 Å². The number of para-hydroxylation sites is 2. The lowest BCUT2D eigenvalue weighted by molar-refractivity contribution is 0.102. The van der Waals surface area contributed by atoms with Gasteiger partial charge in [0.2, 0.25) is 5.95 Å². The molecule has 5 rings (SSSR count). The second kappa shape index (κ2) is 7.86. The van der Waals surface area contributed by atoms with E-state index in [1.54, 1.807) is 29.2 Å². The van der Waals surface area contributed by atoms with E-state index in [1.807, 2.05) is 42.1 Å². The zero-order valence-corrected chi connectivity index (χ0v) is 18.3. The Morgan fingerprint density at radius 3 is 2.84 bits per heavy atom.